The molecule has 1 saturated carbocycles. The van der Waals surface area contributed by atoms with E-state index in [9.17, 15) is 0 Å². The molecule has 0 aliphatic heterocycles. The minimum atomic E-state index is -0.0961. The Labute approximate surface area is 63.4 Å². The maximum atomic E-state index is 9.00. The number of hydrogen-bond acceptors (Lipinski definition) is 1. The zero-order valence-electron chi connectivity index (χ0n) is 7.01. The van der Waals surface area contributed by atoms with E-state index in [1.807, 2.05) is 6.92 Å². The molecule has 60 valence electrons. The highest BCUT2D eigenvalue weighted by Crippen LogP contribution is 2.38. The average molecular weight is 142 g/mol. The standard InChI is InChI=1S/C9H18O/c1-7(9-5-6-9)3-4-8(2)10/h7-10H,3-6H2,1-2H3. The summed E-state index contributed by atoms with van der Waals surface area (Å²) in [4.78, 5) is 0. The molecule has 1 heteroatoms. The summed E-state index contributed by atoms with van der Waals surface area (Å²) < 4.78 is 0. The fourth-order valence-corrected chi connectivity index (χ4v) is 1.41. The van der Waals surface area contributed by atoms with Gasteiger partial charge in [0.1, 0.15) is 0 Å². The molecule has 0 aromatic heterocycles. The second-order valence-electron chi connectivity index (χ2n) is 3.74. The van der Waals surface area contributed by atoms with E-state index in [2.05, 4.69) is 6.92 Å². The first kappa shape index (κ1) is 8.06. The lowest BCUT2D eigenvalue weighted by Gasteiger charge is -2.10. The van der Waals surface area contributed by atoms with Gasteiger partial charge in [0, 0.05) is 0 Å². The first-order chi connectivity index (χ1) is 4.70. The van der Waals surface area contributed by atoms with Crippen molar-refractivity contribution in [1.29, 1.82) is 0 Å². The van der Waals surface area contributed by atoms with Gasteiger partial charge in [0.2, 0.25) is 0 Å². The van der Waals surface area contributed by atoms with Crippen LogP contribution in [0.15, 0.2) is 0 Å². The molecule has 1 fully saturated rings. The van der Waals surface area contributed by atoms with E-state index in [-0.39, 0.29) is 6.10 Å². The Morgan fingerprint density at radius 3 is 2.30 bits per heavy atom. The SMILES string of the molecule is CC(O)CCC(C)C1CC1. The second kappa shape index (κ2) is 3.38. The summed E-state index contributed by atoms with van der Waals surface area (Å²) in [5, 5.41) is 9.00. The molecule has 0 heterocycles. The van der Waals surface area contributed by atoms with Crippen molar-refractivity contribution in [3.05, 3.63) is 0 Å². The van der Waals surface area contributed by atoms with Crippen LogP contribution in [0.5, 0.6) is 0 Å². The van der Waals surface area contributed by atoms with Crippen molar-refractivity contribution in [3.63, 3.8) is 0 Å². The summed E-state index contributed by atoms with van der Waals surface area (Å²) in [6.07, 6.45) is 4.96. The summed E-state index contributed by atoms with van der Waals surface area (Å²) in [6.45, 7) is 4.18. The third-order valence-corrected chi connectivity index (χ3v) is 2.47. The molecule has 1 aliphatic rings. The minimum Gasteiger partial charge on any atom is -0.393 e. The largest absolute Gasteiger partial charge is 0.393 e. The number of aliphatic hydroxyl groups is 1. The van der Waals surface area contributed by atoms with Gasteiger partial charge in [0.25, 0.3) is 0 Å². The third kappa shape index (κ3) is 2.70. The molecule has 1 aliphatic carbocycles. The fraction of sp³-hybridized carbons (Fsp3) is 1.00. The van der Waals surface area contributed by atoms with E-state index in [1.165, 1.54) is 19.3 Å². The molecule has 1 nitrogen and oxygen atoms in total. The van der Waals surface area contributed by atoms with E-state index < -0.39 is 0 Å². The Balaban J connectivity index is 2.00. The Bertz CT molecular complexity index is 94.9. The number of rotatable bonds is 4. The maximum Gasteiger partial charge on any atom is 0.0512 e. The van der Waals surface area contributed by atoms with Crippen molar-refractivity contribution in [1.82, 2.24) is 0 Å². The molecule has 0 amide bonds. The lowest BCUT2D eigenvalue weighted by Crippen LogP contribution is -2.04. The predicted octanol–water partition coefficient (Wildman–Crippen LogP) is 2.19. The second-order valence-corrected chi connectivity index (χ2v) is 3.74. The molecule has 0 aromatic rings. The van der Waals surface area contributed by atoms with Gasteiger partial charge < -0.3 is 5.11 Å². The van der Waals surface area contributed by atoms with Gasteiger partial charge in [-0.25, -0.2) is 0 Å². The summed E-state index contributed by atoms with van der Waals surface area (Å²) >= 11 is 0. The lowest BCUT2D eigenvalue weighted by molar-refractivity contribution is 0.172. The van der Waals surface area contributed by atoms with Gasteiger partial charge in [0.15, 0.2) is 0 Å². The number of hydrogen-bond donors (Lipinski definition) is 1. The molecule has 0 spiro atoms. The maximum absolute atomic E-state index is 9.00. The minimum absolute atomic E-state index is 0.0961. The molecule has 0 bridgehead atoms. The summed E-state index contributed by atoms with van der Waals surface area (Å²) in [6, 6.07) is 0. The monoisotopic (exact) mass is 142 g/mol. The topological polar surface area (TPSA) is 20.2 Å². The van der Waals surface area contributed by atoms with Crippen LogP contribution in [0.2, 0.25) is 0 Å². The average Bonchev–Trinajstić information content (AvgIpc) is 2.63. The lowest BCUT2D eigenvalue weighted by atomic mass is 9.99. The van der Waals surface area contributed by atoms with Gasteiger partial charge in [0.05, 0.1) is 6.10 Å². The highest BCUT2D eigenvalue weighted by Gasteiger charge is 2.27. The molecule has 2 unspecified atom stereocenters. The van der Waals surface area contributed by atoms with Crippen LogP contribution in [0.4, 0.5) is 0 Å². The molecule has 0 saturated heterocycles. The molecule has 0 radical (unpaired) electrons. The quantitative estimate of drug-likeness (QED) is 0.638. The predicted molar refractivity (Wildman–Crippen MR) is 42.8 cm³/mol. The molecule has 1 N–H and O–H groups in total. The molecule has 2 atom stereocenters. The van der Waals surface area contributed by atoms with Crippen molar-refractivity contribution in [2.45, 2.75) is 45.6 Å². The van der Waals surface area contributed by atoms with Crippen LogP contribution in [0.25, 0.3) is 0 Å². The van der Waals surface area contributed by atoms with Crippen LogP contribution in [0.1, 0.15) is 39.5 Å². The van der Waals surface area contributed by atoms with Gasteiger partial charge in [-0.1, -0.05) is 6.92 Å². The van der Waals surface area contributed by atoms with E-state index in [4.69, 9.17) is 5.11 Å². The normalized spacial score (nSPS) is 24.3. The first-order valence-corrected chi connectivity index (χ1v) is 4.38. The Hall–Kier alpha value is -0.0400. The van der Waals surface area contributed by atoms with Crippen LogP contribution in [-0.4, -0.2) is 11.2 Å². The summed E-state index contributed by atoms with van der Waals surface area (Å²) in [7, 11) is 0. The van der Waals surface area contributed by atoms with Crippen molar-refractivity contribution >= 4 is 0 Å². The molecule has 0 aromatic carbocycles. The van der Waals surface area contributed by atoms with Gasteiger partial charge in [-0.15, -0.1) is 0 Å². The molecular weight excluding hydrogens is 124 g/mol. The highest BCUT2D eigenvalue weighted by molar-refractivity contribution is 4.78. The van der Waals surface area contributed by atoms with Crippen LogP contribution >= 0.6 is 0 Å². The van der Waals surface area contributed by atoms with Gasteiger partial charge >= 0.3 is 0 Å². The van der Waals surface area contributed by atoms with Crippen LogP contribution in [-0.2, 0) is 0 Å². The Morgan fingerprint density at radius 1 is 1.30 bits per heavy atom. The summed E-state index contributed by atoms with van der Waals surface area (Å²) in [5.74, 6) is 1.85. The van der Waals surface area contributed by atoms with Crippen molar-refractivity contribution < 1.29 is 5.11 Å². The Kier molecular flexibility index (Phi) is 2.72. The zero-order chi connectivity index (χ0) is 7.56. The van der Waals surface area contributed by atoms with Crippen LogP contribution in [0.3, 0.4) is 0 Å². The smallest absolute Gasteiger partial charge is 0.0512 e. The fourth-order valence-electron chi connectivity index (χ4n) is 1.41. The van der Waals surface area contributed by atoms with Gasteiger partial charge in [-0.3, -0.25) is 0 Å². The van der Waals surface area contributed by atoms with Gasteiger partial charge in [-0.2, -0.15) is 0 Å². The van der Waals surface area contributed by atoms with Crippen molar-refractivity contribution in [3.8, 4) is 0 Å². The van der Waals surface area contributed by atoms with Crippen LogP contribution < -0.4 is 0 Å². The van der Waals surface area contributed by atoms with Crippen molar-refractivity contribution in [2.75, 3.05) is 0 Å². The van der Waals surface area contributed by atoms with E-state index in [0.29, 0.717) is 0 Å². The van der Waals surface area contributed by atoms with Gasteiger partial charge in [-0.05, 0) is 44.4 Å². The van der Waals surface area contributed by atoms with E-state index in [0.717, 1.165) is 18.3 Å². The summed E-state index contributed by atoms with van der Waals surface area (Å²) in [5.41, 5.74) is 0. The van der Waals surface area contributed by atoms with E-state index >= 15 is 0 Å². The Morgan fingerprint density at radius 2 is 1.90 bits per heavy atom. The third-order valence-electron chi connectivity index (χ3n) is 2.47. The highest BCUT2D eigenvalue weighted by atomic mass is 16.3. The van der Waals surface area contributed by atoms with Crippen molar-refractivity contribution in [2.24, 2.45) is 11.8 Å². The zero-order valence-corrected chi connectivity index (χ0v) is 7.01. The number of aliphatic hydroxyl groups excluding tert-OH is 1. The molecular formula is C9H18O. The first-order valence-electron chi connectivity index (χ1n) is 4.38. The molecule has 1 rings (SSSR count). The van der Waals surface area contributed by atoms with E-state index in [1.54, 1.807) is 0 Å². The molecule has 10 heavy (non-hydrogen) atoms. The van der Waals surface area contributed by atoms with Crippen LogP contribution in [0, 0.1) is 11.8 Å².